The number of aliphatic hydroxyl groups is 1. The second-order valence-corrected chi connectivity index (χ2v) is 0.697. The molecule has 2 heteroatoms. The predicted octanol–water partition coefficient (Wildman–Crippen LogP) is -0.375. The van der Waals surface area contributed by atoms with Crippen molar-refractivity contribution in [3.63, 3.8) is 0 Å². The van der Waals surface area contributed by atoms with Crippen LogP contribution in [0.1, 0.15) is 0 Å². The predicted molar refractivity (Wildman–Crippen MR) is 19.0 cm³/mol. The quantitative estimate of drug-likeness (QED) is 0.465. The van der Waals surface area contributed by atoms with E-state index in [1.54, 1.807) is 7.11 Å². The van der Waals surface area contributed by atoms with Crippen molar-refractivity contribution in [2.45, 2.75) is 0 Å². The second-order valence-electron chi connectivity index (χ2n) is 0.697. The zero-order valence-corrected chi connectivity index (χ0v) is 3.23. The van der Waals surface area contributed by atoms with Crippen molar-refractivity contribution in [1.82, 2.24) is 0 Å². The van der Waals surface area contributed by atoms with Crippen molar-refractivity contribution in [2.24, 2.45) is 0 Å². The van der Waals surface area contributed by atoms with Crippen LogP contribution < -0.4 is 0 Å². The zero-order valence-electron chi connectivity index (χ0n) is 4.23. The van der Waals surface area contributed by atoms with Gasteiger partial charge in [-0.25, -0.2) is 0 Å². The smallest absolute Gasteiger partial charge is 0.210 e. The molecule has 0 saturated carbocycles. The van der Waals surface area contributed by atoms with Crippen molar-refractivity contribution in [1.29, 1.82) is 1.43 Å². The Bertz CT molecular complexity index is 20.8. The summed E-state index contributed by atoms with van der Waals surface area (Å²) in [5, 5.41) is 3.91. The maximum atomic E-state index is 6.13. The first-order valence-electron chi connectivity index (χ1n) is 1.89. The van der Waals surface area contributed by atoms with Gasteiger partial charge in [0.15, 0.2) is 0 Å². The first-order chi connectivity index (χ1) is 2.91. The molecule has 0 rings (SSSR count). The van der Waals surface area contributed by atoms with Crippen LogP contribution in [-0.4, -0.2) is 26.9 Å². The molecule has 0 amide bonds. The summed E-state index contributed by atoms with van der Waals surface area (Å²) in [5.41, 5.74) is 0. The van der Waals surface area contributed by atoms with Crippen molar-refractivity contribution < 1.29 is 9.85 Å². The number of aliphatic hydroxyl groups excluding tert-OH is 1. The molecule has 0 atom stereocenters. The lowest BCUT2D eigenvalue weighted by Crippen LogP contribution is -1.91. The van der Waals surface area contributed by atoms with Crippen LogP contribution >= 0.6 is 0 Å². The van der Waals surface area contributed by atoms with Gasteiger partial charge in [0.2, 0.25) is 1.43 Å². The van der Waals surface area contributed by atoms with Crippen molar-refractivity contribution >= 4 is 0 Å². The lowest BCUT2D eigenvalue weighted by Gasteiger charge is -1.84. The highest BCUT2D eigenvalue weighted by molar-refractivity contribution is 4.12. The first kappa shape index (κ1) is 3.12. The largest absolute Gasteiger partial charge is 0.394 e. The topological polar surface area (TPSA) is 29.5 Å². The van der Waals surface area contributed by atoms with E-state index in [-0.39, 0.29) is 0 Å². The van der Waals surface area contributed by atoms with Gasteiger partial charge in [-0.3, -0.25) is 0 Å². The van der Waals surface area contributed by atoms with Gasteiger partial charge in [-0.2, -0.15) is 0 Å². The minimum absolute atomic E-state index is 0.358. The average molecular weight is 77.1 g/mol. The van der Waals surface area contributed by atoms with Gasteiger partial charge >= 0.3 is 0 Å². The number of hydrogen-bond donors (Lipinski definition) is 1. The molecule has 0 fully saturated rings. The second kappa shape index (κ2) is 3.92. The zero-order chi connectivity index (χ0) is 4.83. The molecular weight excluding hydrogens is 68.0 g/mol. The van der Waals surface area contributed by atoms with Crippen molar-refractivity contribution in [2.75, 3.05) is 20.3 Å². The average Bonchev–Trinajstić information content (AvgIpc) is 1.61. The normalized spacial score (nSPS) is 11.0. The SMILES string of the molecule is [2H]OCCOC. The number of methoxy groups -OCH3 is 1. The monoisotopic (exact) mass is 77.1 g/mol. The molecule has 0 aliphatic heterocycles. The molecule has 0 unspecified atom stereocenters. The maximum Gasteiger partial charge on any atom is 0.210 e. The summed E-state index contributed by atoms with van der Waals surface area (Å²) in [6.07, 6.45) is 0. The van der Waals surface area contributed by atoms with E-state index in [0.29, 0.717) is 13.2 Å². The van der Waals surface area contributed by atoms with E-state index < -0.39 is 0 Å². The van der Waals surface area contributed by atoms with Crippen LogP contribution in [0.4, 0.5) is 0 Å². The molecule has 0 saturated heterocycles. The third kappa shape index (κ3) is 3.92. The van der Waals surface area contributed by atoms with E-state index in [1.807, 2.05) is 0 Å². The van der Waals surface area contributed by atoms with Crippen LogP contribution in [0.3, 0.4) is 0 Å². The standard InChI is InChI=1S/C3H8O2/c1-5-3-2-4/h4H,2-3H2,1H3/i4D. The Morgan fingerprint density at radius 2 is 3.00 bits per heavy atom. The number of hydrogen-bond acceptors (Lipinski definition) is 2. The molecule has 1 N–H and O–H groups in total. The highest BCUT2D eigenvalue weighted by atomic mass is 16.5. The molecule has 0 radical (unpaired) electrons. The fraction of sp³-hybridized carbons (Fsp3) is 1.00. The number of ether oxygens (including phenoxy) is 1. The summed E-state index contributed by atoms with van der Waals surface area (Å²) in [7, 11) is 1.57. The van der Waals surface area contributed by atoms with Gasteiger partial charge in [-0.15, -0.1) is 0 Å². The Balaban J connectivity index is 2.34. The Labute approximate surface area is 32.9 Å². The third-order valence-electron chi connectivity index (χ3n) is 0.287. The number of rotatable bonds is 3. The van der Waals surface area contributed by atoms with Gasteiger partial charge in [-0.1, -0.05) is 0 Å². The van der Waals surface area contributed by atoms with E-state index >= 15 is 0 Å². The van der Waals surface area contributed by atoms with E-state index in [4.69, 9.17) is 1.43 Å². The lowest BCUT2D eigenvalue weighted by molar-refractivity contribution is 0.135. The van der Waals surface area contributed by atoms with Gasteiger partial charge in [0, 0.05) is 7.11 Å². The van der Waals surface area contributed by atoms with E-state index in [0.717, 1.165) is 0 Å². The van der Waals surface area contributed by atoms with E-state index in [9.17, 15) is 0 Å². The van der Waals surface area contributed by atoms with Crippen LogP contribution in [0.15, 0.2) is 0 Å². The van der Waals surface area contributed by atoms with Crippen LogP contribution in [0.5, 0.6) is 0 Å². The molecule has 0 heterocycles. The Morgan fingerprint density at radius 3 is 3.20 bits per heavy atom. The molecule has 5 heavy (non-hydrogen) atoms. The van der Waals surface area contributed by atoms with Crippen LogP contribution in [0.25, 0.3) is 0 Å². The lowest BCUT2D eigenvalue weighted by atomic mass is 10.8. The minimum Gasteiger partial charge on any atom is -0.394 e. The summed E-state index contributed by atoms with van der Waals surface area (Å²) in [6, 6.07) is 0. The summed E-state index contributed by atoms with van der Waals surface area (Å²) in [6.45, 7) is 0.861. The highest BCUT2D eigenvalue weighted by Crippen LogP contribution is 1.56. The first-order valence-corrected chi connectivity index (χ1v) is 1.49. The van der Waals surface area contributed by atoms with Crippen LogP contribution in [0.2, 0.25) is 0 Å². The Hall–Kier alpha value is -0.0800. The molecular formula is C3H8O2. The van der Waals surface area contributed by atoms with E-state index in [2.05, 4.69) is 9.85 Å². The minimum atomic E-state index is 0.358. The molecule has 0 aliphatic carbocycles. The molecule has 0 aromatic heterocycles. The van der Waals surface area contributed by atoms with Crippen LogP contribution in [0, 0.1) is 0 Å². The molecule has 0 spiro atoms. The summed E-state index contributed by atoms with van der Waals surface area (Å²) in [4.78, 5) is 0. The maximum absolute atomic E-state index is 6.13. The third-order valence-corrected chi connectivity index (χ3v) is 0.287. The fourth-order valence-corrected chi connectivity index (χ4v) is 0.0833. The molecule has 32 valence electrons. The van der Waals surface area contributed by atoms with E-state index in [1.165, 1.54) is 0 Å². The van der Waals surface area contributed by atoms with Gasteiger partial charge in [0.1, 0.15) is 0 Å². The van der Waals surface area contributed by atoms with Crippen molar-refractivity contribution in [3.8, 4) is 0 Å². The van der Waals surface area contributed by atoms with Crippen molar-refractivity contribution in [3.05, 3.63) is 0 Å². The summed E-state index contributed by atoms with van der Waals surface area (Å²) in [5.74, 6) is 0. The fourth-order valence-electron chi connectivity index (χ4n) is 0.0833. The van der Waals surface area contributed by atoms with Crippen LogP contribution in [-0.2, 0) is 4.74 Å². The van der Waals surface area contributed by atoms with Gasteiger partial charge in [0.25, 0.3) is 0 Å². The Morgan fingerprint density at radius 1 is 2.20 bits per heavy atom. The molecule has 0 aromatic rings. The summed E-state index contributed by atoms with van der Waals surface area (Å²) < 4.78 is 10.7. The Kier molecular flexibility index (Phi) is 2.45. The van der Waals surface area contributed by atoms with Gasteiger partial charge in [0.05, 0.1) is 13.2 Å². The van der Waals surface area contributed by atoms with Gasteiger partial charge < -0.3 is 9.85 Å². The molecule has 0 aromatic carbocycles. The molecule has 2 nitrogen and oxygen atoms in total. The molecule has 0 aliphatic rings. The summed E-state index contributed by atoms with van der Waals surface area (Å²) >= 11 is 0. The highest BCUT2D eigenvalue weighted by Gasteiger charge is 1.67. The molecule has 0 bridgehead atoms. The van der Waals surface area contributed by atoms with Gasteiger partial charge in [-0.05, 0) is 0 Å².